The van der Waals surface area contributed by atoms with Crippen molar-refractivity contribution < 1.29 is 0 Å². The summed E-state index contributed by atoms with van der Waals surface area (Å²) in [6.45, 7) is 3.82. The number of nitrogens with zero attached hydrogens (tertiary/aromatic N) is 4. The van der Waals surface area contributed by atoms with Crippen molar-refractivity contribution in [1.29, 1.82) is 0 Å². The molecule has 0 aliphatic rings. The highest BCUT2D eigenvalue weighted by Crippen LogP contribution is 2.23. The Kier molecular flexibility index (Phi) is 3.26. The maximum Gasteiger partial charge on any atom is 0.276 e. The van der Waals surface area contributed by atoms with E-state index in [0.717, 1.165) is 28.2 Å². The SMILES string of the molecule is CCc1c(C)nc2c(-c3cnc(-c4ccccn4)[nH]3)c[nH]n2c1=O. The zero-order chi connectivity index (χ0) is 16.7. The lowest BCUT2D eigenvalue weighted by Crippen LogP contribution is -2.21. The summed E-state index contributed by atoms with van der Waals surface area (Å²) in [5, 5.41) is 2.98. The molecule has 0 aliphatic carbocycles. The molecule has 4 rings (SSSR count). The number of rotatable bonds is 3. The molecule has 0 saturated heterocycles. The molecular formula is C17H16N6O. The average molecular weight is 320 g/mol. The summed E-state index contributed by atoms with van der Waals surface area (Å²) in [7, 11) is 0. The number of aromatic amines is 2. The number of H-pyrrole nitrogens is 2. The Labute approximate surface area is 137 Å². The maximum atomic E-state index is 12.5. The molecule has 7 nitrogen and oxygen atoms in total. The van der Waals surface area contributed by atoms with Crippen molar-refractivity contribution in [2.45, 2.75) is 20.3 Å². The fraction of sp³-hybridized carbons (Fsp3) is 0.176. The predicted octanol–water partition coefficient (Wildman–Crippen LogP) is 2.35. The van der Waals surface area contributed by atoms with E-state index in [-0.39, 0.29) is 5.56 Å². The molecule has 0 bridgehead atoms. The van der Waals surface area contributed by atoms with Crippen LogP contribution in [-0.4, -0.2) is 29.5 Å². The molecule has 0 amide bonds. The lowest BCUT2D eigenvalue weighted by molar-refractivity contribution is 0.853. The minimum absolute atomic E-state index is 0.0595. The Bertz CT molecular complexity index is 1070. The first-order valence-electron chi connectivity index (χ1n) is 7.75. The minimum atomic E-state index is -0.0595. The zero-order valence-corrected chi connectivity index (χ0v) is 13.4. The van der Waals surface area contributed by atoms with Gasteiger partial charge in [-0.05, 0) is 25.5 Å². The van der Waals surface area contributed by atoms with Crippen molar-refractivity contribution >= 4 is 5.65 Å². The molecule has 0 unspecified atom stereocenters. The van der Waals surface area contributed by atoms with Crippen LogP contribution in [-0.2, 0) is 6.42 Å². The van der Waals surface area contributed by atoms with E-state index in [1.54, 1.807) is 18.6 Å². The number of hydrogen-bond donors (Lipinski definition) is 2. The highest BCUT2D eigenvalue weighted by atomic mass is 16.1. The van der Waals surface area contributed by atoms with Crippen LogP contribution in [0.2, 0.25) is 0 Å². The molecule has 7 heteroatoms. The summed E-state index contributed by atoms with van der Waals surface area (Å²) in [6.07, 6.45) is 5.86. The number of pyridine rings is 1. The van der Waals surface area contributed by atoms with Gasteiger partial charge in [0.05, 0.1) is 17.5 Å². The number of nitrogens with one attached hydrogen (secondary N) is 2. The average Bonchev–Trinajstić information content (AvgIpc) is 3.22. The third-order valence-corrected chi connectivity index (χ3v) is 4.09. The van der Waals surface area contributed by atoms with E-state index >= 15 is 0 Å². The first-order chi connectivity index (χ1) is 11.7. The van der Waals surface area contributed by atoms with E-state index in [1.165, 1.54) is 4.52 Å². The number of fused-ring (bicyclic) bond motifs is 1. The van der Waals surface area contributed by atoms with Gasteiger partial charge in [-0.25, -0.2) is 14.5 Å². The Morgan fingerprint density at radius 1 is 1.25 bits per heavy atom. The Hall–Kier alpha value is -3.22. The lowest BCUT2D eigenvalue weighted by Gasteiger charge is -2.03. The van der Waals surface area contributed by atoms with Crippen LogP contribution in [0.15, 0.2) is 41.6 Å². The van der Waals surface area contributed by atoms with Crippen LogP contribution in [0.25, 0.3) is 28.4 Å². The maximum absolute atomic E-state index is 12.5. The van der Waals surface area contributed by atoms with E-state index in [9.17, 15) is 4.79 Å². The fourth-order valence-corrected chi connectivity index (χ4v) is 2.85. The third-order valence-electron chi connectivity index (χ3n) is 4.09. The van der Waals surface area contributed by atoms with E-state index in [0.29, 0.717) is 17.9 Å². The highest BCUT2D eigenvalue weighted by molar-refractivity contribution is 5.75. The minimum Gasteiger partial charge on any atom is -0.337 e. The summed E-state index contributed by atoms with van der Waals surface area (Å²) >= 11 is 0. The van der Waals surface area contributed by atoms with Gasteiger partial charge in [0.15, 0.2) is 11.5 Å². The fourth-order valence-electron chi connectivity index (χ4n) is 2.85. The molecule has 0 atom stereocenters. The molecule has 0 aromatic carbocycles. The molecule has 0 saturated carbocycles. The van der Waals surface area contributed by atoms with Gasteiger partial charge in [-0.3, -0.25) is 14.9 Å². The molecule has 4 heterocycles. The summed E-state index contributed by atoms with van der Waals surface area (Å²) < 4.78 is 1.47. The van der Waals surface area contributed by atoms with Crippen LogP contribution in [0, 0.1) is 6.92 Å². The van der Waals surface area contributed by atoms with E-state index in [1.807, 2.05) is 32.0 Å². The second-order valence-corrected chi connectivity index (χ2v) is 5.54. The molecule has 2 N–H and O–H groups in total. The van der Waals surface area contributed by atoms with Gasteiger partial charge < -0.3 is 4.98 Å². The molecule has 0 radical (unpaired) electrons. The first-order valence-corrected chi connectivity index (χ1v) is 7.75. The van der Waals surface area contributed by atoms with Crippen LogP contribution < -0.4 is 5.56 Å². The van der Waals surface area contributed by atoms with Gasteiger partial charge in [0.25, 0.3) is 5.56 Å². The van der Waals surface area contributed by atoms with Crippen molar-refractivity contribution in [2.24, 2.45) is 0 Å². The highest BCUT2D eigenvalue weighted by Gasteiger charge is 2.15. The third kappa shape index (κ3) is 2.13. The standard InChI is InChI=1S/C17H16N6O/c1-3-11-10(2)21-16-12(8-20-23(16)17(11)24)14-9-19-15(22-14)13-6-4-5-7-18-13/h4-9,20H,3H2,1-2H3,(H,19,22). The van der Waals surface area contributed by atoms with Crippen LogP contribution >= 0.6 is 0 Å². The molecule has 24 heavy (non-hydrogen) atoms. The van der Waals surface area contributed by atoms with Gasteiger partial charge >= 0.3 is 0 Å². The smallest absolute Gasteiger partial charge is 0.276 e. The van der Waals surface area contributed by atoms with Gasteiger partial charge in [-0.2, -0.15) is 0 Å². The Morgan fingerprint density at radius 2 is 2.12 bits per heavy atom. The summed E-state index contributed by atoms with van der Waals surface area (Å²) in [5.74, 6) is 0.675. The molecule has 4 aromatic rings. The summed E-state index contributed by atoms with van der Waals surface area (Å²) in [4.78, 5) is 29.0. The van der Waals surface area contributed by atoms with Crippen LogP contribution in [0.3, 0.4) is 0 Å². The van der Waals surface area contributed by atoms with Crippen molar-refractivity contribution in [1.82, 2.24) is 29.5 Å². The zero-order valence-electron chi connectivity index (χ0n) is 13.4. The van der Waals surface area contributed by atoms with Gasteiger partial charge in [-0.1, -0.05) is 13.0 Å². The number of aryl methyl sites for hydroxylation is 1. The first kappa shape index (κ1) is 14.4. The molecular weight excluding hydrogens is 304 g/mol. The molecule has 0 spiro atoms. The largest absolute Gasteiger partial charge is 0.337 e. The van der Waals surface area contributed by atoms with Crippen molar-refractivity contribution in [2.75, 3.05) is 0 Å². The van der Waals surface area contributed by atoms with E-state index in [4.69, 9.17) is 0 Å². The predicted molar refractivity (Wildman–Crippen MR) is 90.7 cm³/mol. The van der Waals surface area contributed by atoms with Crippen molar-refractivity contribution in [3.05, 3.63) is 58.4 Å². The molecule has 4 aromatic heterocycles. The summed E-state index contributed by atoms with van der Waals surface area (Å²) in [6, 6.07) is 5.66. The number of aromatic nitrogens is 6. The monoisotopic (exact) mass is 320 g/mol. The van der Waals surface area contributed by atoms with Gasteiger partial charge in [0.2, 0.25) is 0 Å². The van der Waals surface area contributed by atoms with Crippen LogP contribution in [0.5, 0.6) is 0 Å². The second kappa shape index (κ2) is 5.45. The van der Waals surface area contributed by atoms with E-state index < -0.39 is 0 Å². The van der Waals surface area contributed by atoms with Crippen molar-refractivity contribution in [3.8, 4) is 22.8 Å². The lowest BCUT2D eigenvalue weighted by atomic mass is 10.2. The topological polar surface area (TPSA) is 91.7 Å². The number of imidazole rings is 1. The normalized spacial score (nSPS) is 11.2. The summed E-state index contributed by atoms with van der Waals surface area (Å²) in [5.41, 5.74) is 4.35. The van der Waals surface area contributed by atoms with Gasteiger partial charge in [0.1, 0.15) is 5.69 Å². The number of hydrogen-bond acceptors (Lipinski definition) is 4. The quantitative estimate of drug-likeness (QED) is 0.606. The van der Waals surface area contributed by atoms with Crippen LogP contribution in [0.1, 0.15) is 18.2 Å². The molecule has 0 aliphatic heterocycles. The van der Waals surface area contributed by atoms with Crippen molar-refractivity contribution in [3.63, 3.8) is 0 Å². The van der Waals surface area contributed by atoms with Crippen LogP contribution in [0.4, 0.5) is 0 Å². The Morgan fingerprint density at radius 3 is 2.88 bits per heavy atom. The Balaban J connectivity index is 1.86. The van der Waals surface area contributed by atoms with E-state index in [2.05, 4.69) is 25.0 Å². The molecule has 120 valence electrons. The van der Waals surface area contributed by atoms with Gasteiger partial charge in [0, 0.05) is 23.7 Å². The molecule has 0 fully saturated rings. The van der Waals surface area contributed by atoms with Gasteiger partial charge in [-0.15, -0.1) is 0 Å². The second-order valence-electron chi connectivity index (χ2n) is 5.54.